The second-order valence-corrected chi connectivity index (χ2v) is 9.89. The number of likely N-dealkylation sites (tertiary alicyclic amines) is 1. The molecule has 2 aliphatic heterocycles. The van der Waals surface area contributed by atoms with E-state index in [1.807, 2.05) is 26.1 Å². The summed E-state index contributed by atoms with van der Waals surface area (Å²) in [5.74, 6) is 1.29. The van der Waals surface area contributed by atoms with Crippen LogP contribution in [0.15, 0.2) is 30.7 Å². The summed E-state index contributed by atoms with van der Waals surface area (Å²) >= 11 is 0. The van der Waals surface area contributed by atoms with Crippen molar-refractivity contribution in [3.8, 4) is 5.82 Å². The molecule has 2 fully saturated rings. The molecular weight excluding hydrogens is 475 g/mol. The summed E-state index contributed by atoms with van der Waals surface area (Å²) in [6.45, 7) is 8.11. The number of ether oxygens (including phenoxy) is 2. The zero-order chi connectivity index (χ0) is 25.9. The first-order valence-electron chi connectivity index (χ1n) is 13.0. The van der Waals surface area contributed by atoms with Gasteiger partial charge in [-0.15, -0.1) is 0 Å². The Morgan fingerprint density at radius 1 is 1.19 bits per heavy atom. The highest BCUT2D eigenvalue weighted by atomic mass is 19.1. The first-order valence-corrected chi connectivity index (χ1v) is 13.0. The van der Waals surface area contributed by atoms with Crippen molar-refractivity contribution in [1.82, 2.24) is 24.6 Å². The van der Waals surface area contributed by atoms with E-state index >= 15 is 4.39 Å². The molecule has 0 aliphatic carbocycles. The number of carbonyl (C=O) groups is 1. The van der Waals surface area contributed by atoms with Crippen molar-refractivity contribution in [2.24, 2.45) is 0 Å². The number of hydrogen-bond acceptors (Lipinski definition) is 8. The van der Waals surface area contributed by atoms with E-state index in [0.717, 1.165) is 47.4 Å². The fourth-order valence-electron chi connectivity index (χ4n) is 5.43. The Hall–Kier alpha value is -2.95. The van der Waals surface area contributed by atoms with Gasteiger partial charge in [-0.05, 0) is 43.1 Å². The first kappa shape index (κ1) is 25.7. The lowest BCUT2D eigenvalue weighted by molar-refractivity contribution is -0.130. The molecule has 2 aromatic heterocycles. The van der Waals surface area contributed by atoms with E-state index in [-0.39, 0.29) is 11.7 Å². The fraction of sp³-hybridized carbons (Fsp3) is 0.556. The summed E-state index contributed by atoms with van der Waals surface area (Å²) in [6, 6.07) is 6.05. The second kappa shape index (κ2) is 11.2. The molecule has 37 heavy (non-hydrogen) atoms. The van der Waals surface area contributed by atoms with Crippen LogP contribution in [0.5, 0.6) is 0 Å². The second-order valence-electron chi connectivity index (χ2n) is 9.89. The monoisotopic (exact) mass is 510 g/mol. The minimum Gasteiger partial charge on any atom is -0.383 e. The number of ketones is 1. The molecule has 0 radical (unpaired) electrons. The number of piperidine rings is 1. The summed E-state index contributed by atoms with van der Waals surface area (Å²) in [7, 11) is 1.67. The first-order chi connectivity index (χ1) is 18.0. The predicted molar refractivity (Wildman–Crippen MR) is 139 cm³/mol. The van der Waals surface area contributed by atoms with E-state index < -0.39 is 12.3 Å². The number of morpholine rings is 1. The highest BCUT2D eigenvalue weighted by Crippen LogP contribution is 2.35. The Labute approximate surface area is 216 Å². The minimum atomic E-state index is -0.941. The standard InChI is InChI=1S/C27H35FN6O3/c1-4-24(35)25-16-33(8-10-37-25)26-13-27(30-17-29-26)34-23-12-21(18(2)11-19(23)14-31-34)20-5-6-32(7-9-36-3)15-22(20)28/h11-14,17,20,22,25H,4-10,15-16H2,1-3H3/t20?,22?,25-/m0/s1. The topological polar surface area (TPSA) is 85.6 Å². The van der Waals surface area contributed by atoms with Crippen LogP contribution in [0.1, 0.15) is 36.8 Å². The molecule has 2 unspecified atom stereocenters. The smallest absolute Gasteiger partial charge is 0.163 e. The highest BCUT2D eigenvalue weighted by molar-refractivity contribution is 5.84. The summed E-state index contributed by atoms with van der Waals surface area (Å²) in [6.07, 6.45) is 3.16. The van der Waals surface area contributed by atoms with E-state index in [1.54, 1.807) is 11.8 Å². The number of carbonyl (C=O) groups excluding carboxylic acids is 1. The number of aromatic nitrogens is 4. The molecule has 0 N–H and O–H groups in total. The molecule has 10 heteroatoms. The van der Waals surface area contributed by atoms with E-state index in [9.17, 15) is 4.79 Å². The van der Waals surface area contributed by atoms with Crippen molar-refractivity contribution < 1.29 is 18.7 Å². The Morgan fingerprint density at radius 2 is 2.03 bits per heavy atom. The van der Waals surface area contributed by atoms with Crippen LogP contribution in [0.4, 0.5) is 10.2 Å². The third-order valence-corrected chi connectivity index (χ3v) is 7.55. The van der Waals surface area contributed by atoms with Gasteiger partial charge in [0, 0.05) is 50.5 Å². The zero-order valence-electron chi connectivity index (χ0n) is 21.8. The summed E-state index contributed by atoms with van der Waals surface area (Å²) in [5, 5.41) is 5.59. The minimum absolute atomic E-state index is 0.0932. The van der Waals surface area contributed by atoms with Gasteiger partial charge in [0.05, 0.1) is 31.5 Å². The molecule has 3 aromatic rings. The van der Waals surface area contributed by atoms with Crippen LogP contribution < -0.4 is 4.90 Å². The fourth-order valence-corrected chi connectivity index (χ4v) is 5.43. The lowest BCUT2D eigenvalue weighted by atomic mass is 9.85. The quantitative estimate of drug-likeness (QED) is 0.457. The normalized spacial score (nSPS) is 23.0. The van der Waals surface area contributed by atoms with E-state index in [0.29, 0.717) is 45.1 Å². The van der Waals surface area contributed by atoms with Crippen molar-refractivity contribution in [1.29, 1.82) is 0 Å². The number of fused-ring (bicyclic) bond motifs is 1. The number of Topliss-reactive ketones (excluding diaryl/α,β-unsaturated/α-hetero) is 1. The number of rotatable bonds is 8. The Bertz CT molecular complexity index is 1250. The number of hydrogen-bond donors (Lipinski definition) is 0. The predicted octanol–water partition coefficient (Wildman–Crippen LogP) is 3.08. The molecule has 0 bridgehead atoms. The van der Waals surface area contributed by atoms with E-state index in [1.165, 1.54) is 6.33 Å². The number of methoxy groups -OCH3 is 1. The highest BCUT2D eigenvalue weighted by Gasteiger charge is 2.32. The molecule has 0 saturated carbocycles. The van der Waals surface area contributed by atoms with Gasteiger partial charge in [0.2, 0.25) is 0 Å². The van der Waals surface area contributed by atoms with Crippen LogP contribution in [0.2, 0.25) is 0 Å². The van der Waals surface area contributed by atoms with Gasteiger partial charge in [-0.1, -0.05) is 6.92 Å². The third kappa shape index (κ3) is 5.37. The van der Waals surface area contributed by atoms with Crippen molar-refractivity contribution in [3.05, 3.63) is 41.9 Å². The Balaban J connectivity index is 1.41. The number of halogens is 1. The van der Waals surface area contributed by atoms with Gasteiger partial charge in [0.1, 0.15) is 24.4 Å². The van der Waals surface area contributed by atoms with E-state index in [2.05, 4.69) is 37.0 Å². The van der Waals surface area contributed by atoms with Crippen LogP contribution in [-0.4, -0.2) is 95.8 Å². The Morgan fingerprint density at radius 3 is 2.81 bits per heavy atom. The average Bonchev–Trinajstić information content (AvgIpc) is 3.34. The molecule has 198 valence electrons. The van der Waals surface area contributed by atoms with Crippen LogP contribution >= 0.6 is 0 Å². The largest absolute Gasteiger partial charge is 0.383 e. The van der Waals surface area contributed by atoms with Gasteiger partial charge in [-0.2, -0.15) is 5.10 Å². The summed E-state index contributed by atoms with van der Waals surface area (Å²) < 4.78 is 28.0. The average molecular weight is 511 g/mol. The van der Waals surface area contributed by atoms with Crippen LogP contribution in [0.3, 0.4) is 0 Å². The van der Waals surface area contributed by atoms with Gasteiger partial charge in [-0.3, -0.25) is 9.69 Å². The molecule has 1 aromatic carbocycles. The molecule has 2 saturated heterocycles. The lowest BCUT2D eigenvalue weighted by Gasteiger charge is -2.35. The molecule has 0 amide bonds. The van der Waals surface area contributed by atoms with Gasteiger partial charge in [0.25, 0.3) is 0 Å². The van der Waals surface area contributed by atoms with Crippen LogP contribution in [0, 0.1) is 6.92 Å². The number of alkyl halides is 1. The molecule has 2 aliphatic rings. The van der Waals surface area contributed by atoms with Gasteiger partial charge >= 0.3 is 0 Å². The molecule has 9 nitrogen and oxygen atoms in total. The molecule has 3 atom stereocenters. The molecule has 0 spiro atoms. The SMILES string of the molecule is CCC(=O)[C@@H]1CN(c2cc(-n3ncc4cc(C)c(C5CCN(CCOC)CC5F)cc43)ncn2)CCO1. The number of nitrogens with zero attached hydrogens (tertiary/aromatic N) is 6. The molecule has 5 rings (SSSR count). The van der Waals surface area contributed by atoms with Gasteiger partial charge in [-0.25, -0.2) is 19.0 Å². The molecular formula is C27H35FN6O3. The van der Waals surface area contributed by atoms with Crippen molar-refractivity contribution in [2.75, 3.05) is 57.9 Å². The van der Waals surface area contributed by atoms with E-state index in [4.69, 9.17) is 9.47 Å². The maximum Gasteiger partial charge on any atom is 0.163 e. The third-order valence-electron chi connectivity index (χ3n) is 7.55. The zero-order valence-corrected chi connectivity index (χ0v) is 21.8. The summed E-state index contributed by atoms with van der Waals surface area (Å²) in [4.78, 5) is 25.3. The van der Waals surface area contributed by atoms with Gasteiger partial charge < -0.3 is 14.4 Å². The maximum absolute atomic E-state index is 15.3. The number of aryl methyl sites for hydroxylation is 1. The molecule has 4 heterocycles. The van der Waals surface area contributed by atoms with Crippen molar-refractivity contribution in [3.63, 3.8) is 0 Å². The number of anilines is 1. The maximum atomic E-state index is 15.3. The van der Waals surface area contributed by atoms with Crippen molar-refractivity contribution >= 4 is 22.5 Å². The van der Waals surface area contributed by atoms with Crippen LogP contribution in [0.25, 0.3) is 16.7 Å². The lowest BCUT2D eigenvalue weighted by Crippen LogP contribution is -2.46. The van der Waals surface area contributed by atoms with Crippen molar-refractivity contribution in [2.45, 2.75) is 44.9 Å². The van der Waals surface area contributed by atoms with Crippen LogP contribution in [-0.2, 0) is 14.3 Å². The summed E-state index contributed by atoms with van der Waals surface area (Å²) in [5.41, 5.74) is 2.99. The van der Waals surface area contributed by atoms with Gasteiger partial charge in [0.15, 0.2) is 11.6 Å². The Kier molecular flexibility index (Phi) is 7.78. The number of benzene rings is 1.